The first-order valence-corrected chi connectivity index (χ1v) is 6.85. The van der Waals surface area contributed by atoms with Gasteiger partial charge in [0.2, 0.25) is 0 Å². The minimum absolute atomic E-state index is 0.761. The summed E-state index contributed by atoms with van der Waals surface area (Å²) in [6.07, 6.45) is 7.81. The summed E-state index contributed by atoms with van der Waals surface area (Å²) < 4.78 is 5.13. The van der Waals surface area contributed by atoms with Gasteiger partial charge in [0, 0.05) is 58.7 Å². The molecule has 1 rings (SSSR count). The standard InChI is InChI=1S/C15H28N3O/c1-16(2)9-10-17(3)14-7-6-8-15(13-14)18(4)11-12-19-5/h7-8,13H,6,9-12H2,1-5H3. The van der Waals surface area contributed by atoms with Gasteiger partial charge < -0.3 is 19.4 Å². The predicted octanol–water partition coefficient (Wildman–Crippen LogP) is 1.43. The highest BCUT2D eigenvalue weighted by atomic mass is 16.5. The second kappa shape index (κ2) is 8.23. The molecule has 0 heterocycles. The van der Waals surface area contributed by atoms with E-state index in [1.54, 1.807) is 7.11 Å². The van der Waals surface area contributed by atoms with E-state index in [2.05, 4.69) is 61.5 Å². The van der Waals surface area contributed by atoms with E-state index < -0.39 is 0 Å². The zero-order chi connectivity index (χ0) is 14.3. The summed E-state index contributed by atoms with van der Waals surface area (Å²) in [5.74, 6) is 0. The van der Waals surface area contributed by atoms with Gasteiger partial charge in [0.15, 0.2) is 0 Å². The average molecular weight is 266 g/mol. The summed E-state index contributed by atoms with van der Waals surface area (Å²) >= 11 is 0. The normalized spacial score (nSPS) is 15.3. The van der Waals surface area contributed by atoms with E-state index in [9.17, 15) is 0 Å². The third-order valence-corrected chi connectivity index (χ3v) is 3.34. The van der Waals surface area contributed by atoms with Crippen molar-refractivity contribution >= 4 is 0 Å². The van der Waals surface area contributed by atoms with Gasteiger partial charge in [-0.2, -0.15) is 0 Å². The number of nitrogens with zero attached hydrogens (tertiary/aromatic N) is 3. The smallest absolute Gasteiger partial charge is 0.0637 e. The van der Waals surface area contributed by atoms with Crippen LogP contribution in [-0.2, 0) is 4.74 Å². The minimum atomic E-state index is 0.761. The Morgan fingerprint density at radius 3 is 2.32 bits per heavy atom. The summed E-state index contributed by atoms with van der Waals surface area (Å²) in [6, 6.07) is 0. The molecule has 4 heteroatoms. The van der Waals surface area contributed by atoms with E-state index >= 15 is 0 Å². The van der Waals surface area contributed by atoms with Crippen LogP contribution in [0, 0.1) is 6.42 Å². The molecular weight excluding hydrogens is 238 g/mol. The predicted molar refractivity (Wildman–Crippen MR) is 80.8 cm³/mol. The van der Waals surface area contributed by atoms with E-state index in [0.29, 0.717) is 0 Å². The number of hydrogen-bond donors (Lipinski definition) is 0. The van der Waals surface area contributed by atoms with Crippen molar-refractivity contribution in [1.82, 2.24) is 14.7 Å². The maximum atomic E-state index is 5.13. The second-order valence-corrected chi connectivity index (χ2v) is 5.28. The molecule has 0 saturated carbocycles. The summed E-state index contributed by atoms with van der Waals surface area (Å²) in [5.41, 5.74) is 2.59. The molecule has 0 aromatic heterocycles. The molecule has 0 fully saturated rings. The second-order valence-electron chi connectivity index (χ2n) is 5.28. The SMILES string of the molecule is COCCN(C)C1=CC(N(C)CCN(C)C)=CC[CH]1. The van der Waals surface area contributed by atoms with Crippen molar-refractivity contribution < 1.29 is 4.74 Å². The topological polar surface area (TPSA) is 19.0 Å². The molecule has 0 N–H and O–H groups in total. The van der Waals surface area contributed by atoms with Crippen molar-refractivity contribution in [1.29, 1.82) is 0 Å². The van der Waals surface area contributed by atoms with Crippen LogP contribution in [0.1, 0.15) is 6.42 Å². The van der Waals surface area contributed by atoms with Crippen LogP contribution < -0.4 is 0 Å². The molecule has 0 atom stereocenters. The summed E-state index contributed by atoms with van der Waals surface area (Å²) in [5, 5.41) is 0. The zero-order valence-electron chi connectivity index (χ0n) is 13.0. The van der Waals surface area contributed by atoms with Crippen LogP contribution in [0.15, 0.2) is 23.5 Å². The van der Waals surface area contributed by atoms with Crippen LogP contribution in [0.4, 0.5) is 0 Å². The number of likely N-dealkylation sites (N-methyl/N-ethyl adjacent to an activating group) is 3. The maximum Gasteiger partial charge on any atom is 0.0637 e. The number of ether oxygens (including phenoxy) is 1. The number of methoxy groups -OCH3 is 1. The molecule has 1 aliphatic rings. The van der Waals surface area contributed by atoms with Crippen LogP contribution in [-0.4, -0.2) is 76.2 Å². The Morgan fingerprint density at radius 2 is 1.68 bits per heavy atom. The molecular formula is C15H28N3O. The molecule has 0 spiro atoms. The van der Waals surface area contributed by atoms with Gasteiger partial charge in [-0.15, -0.1) is 0 Å². The van der Waals surface area contributed by atoms with E-state index in [1.807, 2.05) is 0 Å². The lowest BCUT2D eigenvalue weighted by molar-refractivity contribution is 0.174. The number of hydrogen-bond acceptors (Lipinski definition) is 4. The molecule has 109 valence electrons. The van der Waals surface area contributed by atoms with Gasteiger partial charge in [-0.05, 0) is 26.6 Å². The maximum absolute atomic E-state index is 5.13. The molecule has 0 amide bonds. The van der Waals surface area contributed by atoms with E-state index in [-0.39, 0.29) is 0 Å². The largest absolute Gasteiger partial charge is 0.383 e. The monoisotopic (exact) mass is 266 g/mol. The first-order chi connectivity index (χ1) is 9.04. The summed E-state index contributed by atoms with van der Waals surface area (Å²) in [4.78, 5) is 6.77. The van der Waals surface area contributed by atoms with Crippen molar-refractivity contribution in [2.24, 2.45) is 0 Å². The lowest BCUT2D eigenvalue weighted by Gasteiger charge is -2.29. The van der Waals surface area contributed by atoms with Crippen LogP contribution in [0.25, 0.3) is 0 Å². The lowest BCUT2D eigenvalue weighted by Crippen LogP contribution is -2.30. The Kier molecular flexibility index (Phi) is 6.95. The number of rotatable bonds is 8. The molecule has 19 heavy (non-hydrogen) atoms. The molecule has 0 bridgehead atoms. The first kappa shape index (κ1) is 16.1. The minimum Gasteiger partial charge on any atom is -0.383 e. The van der Waals surface area contributed by atoms with Crippen molar-refractivity contribution in [2.75, 3.05) is 61.5 Å². The van der Waals surface area contributed by atoms with Crippen molar-refractivity contribution in [3.8, 4) is 0 Å². The molecule has 1 radical (unpaired) electrons. The fraction of sp³-hybridized carbons (Fsp3) is 0.667. The Bertz CT molecular complexity index is 323. The zero-order valence-corrected chi connectivity index (χ0v) is 13.0. The van der Waals surface area contributed by atoms with Gasteiger partial charge in [-0.25, -0.2) is 0 Å². The summed E-state index contributed by atoms with van der Waals surface area (Å²) in [6.45, 7) is 3.80. The van der Waals surface area contributed by atoms with Crippen molar-refractivity contribution in [2.45, 2.75) is 6.42 Å². The molecule has 0 aliphatic heterocycles. The summed E-state index contributed by atoms with van der Waals surface area (Å²) in [7, 11) is 10.2. The van der Waals surface area contributed by atoms with Crippen LogP contribution in [0.3, 0.4) is 0 Å². The van der Waals surface area contributed by atoms with Crippen LogP contribution in [0.2, 0.25) is 0 Å². The van der Waals surface area contributed by atoms with Gasteiger partial charge >= 0.3 is 0 Å². The van der Waals surface area contributed by atoms with Crippen molar-refractivity contribution in [3.05, 3.63) is 30.0 Å². The highest BCUT2D eigenvalue weighted by Gasteiger charge is 2.12. The van der Waals surface area contributed by atoms with Gasteiger partial charge in [-0.3, -0.25) is 0 Å². The fourth-order valence-electron chi connectivity index (χ4n) is 1.94. The highest BCUT2D eigenvalue weighted by Crippen LogP contribution is 2.20. The van der Waals surface area contributed by atoms with E-state index in [1.165, 1.54) is 11.4 Å². The molecule has 1 aliphatic carbocycles. The molecule has 4 nitrogen and oxygen atoms in total. The van der Waals surface area contributed by atoms with Gasteiger partial charge in [0.05, 0.1) is 6.61 Å². The van der Waals surface area contributed by atoms with Gasteiger partial charge in [0.1, 0.15) is 0 Å². The van der Waals surface area contributed by atoms with E-state index in [4.69, 9.17) is 4.74 Å². The molecule has 0 aromatic rings. The lowest BCUT2D eigenvalue weighted by atomic mass is 10.1. The van der Waals surface area contributed by atoms with Gasteiger partial charge in [0.25, 0.3) is 0 Å². The average Bonchev–Trinajstić information content (AvgIpc) is 2.42. The Labute approximate surface area is 118 Å². The van der Waals surface area contributed by atoms with E-state index in [0.717, 1.165) is 32.7 Å². The molecule has 0 saturated heterocycles. The number of allylic oxidation sites excluding steroid dienone is 3. The molecule has 0 aromatic carbocycles. The Hall–Kier alpha value is -1.00. The highest BCUT2D eigenvalue weighted by molar-refractivity contribution is 5.31. The quantitative estimate of drug-likeness (QED) is 0.661. The molecule has 0 unspecified atom stereocenters. The Morgan fingerprint density at radius 1 is 1.00 bits per heavy atom. The van der Waals surface area contributed by atoms with Gasteiger partial charge in [-0.1, -0.05) is 6.08 Å². The third kappa shape index (κ3) is 5.66. The Balaban J connectivity index is 2.55. The van der Waals surface area contributed by atoms with Crippen LogP contribution >= 0.6 is 0 Å². The van der Waals surface area contributed by atoms with Crippen molar-refractivity contribution in [3.63, 3.8) is 0 Å². The van der Waals surface area contributed by atoms with Crippen LogP contribution in [0.5, 0.6) is 0 Å². The third-order valence-electron chi connectivity index (χ3n) is 3.34. The fourth-order valence-corrected chi connectivity index (χ4v) is 1.94. The first-order valence-electron chi connectivity index (χ1n) is 6.85.